The number of azide groups is 1. The summed E-state index contributed by atoms with van der Waals surface area (Å²) >= 11 is 0. The molecular weight excluding hydrogens is 170 g/mol. The van der Waals surface area contributed by atoms with Crippen LogP contribution in [0.1, 0.15) is 12.8 Å². The number of nitrogens with zero attached hydrogens (tertiary/aromatic N) is 3. The largest absolute Gasteiger partial charge is 0.381 e. The maximum Gasteiger partial charge on any atom is 0.0638 e. The molecule has 0 N–H and O–H groups in total. The van der Waals surface area contributed by atoms with E-state index in [1.165, 1.54) is 0 Å². The first-order valence-corrected chi connectivity index (χ1v) is 4.55. The molecule has 2 fully saturated rings. The third-order valence-electron chi connectivity index (χ3n) is 2.82. The summed E-state index contributed by atoms with van der Waals surface area (Å²) in [4.78, 5) is 2.73. The molecule has 2 saturated heterocycles. The molecule has 0 aromatic carbocycles. The first-order chi connectivity index (χ1) is 6.35. The van der Waals surface area contributed by atoms with Gasteiger partial charge in [-0.2, -0.15) is 0 Å². The van der Waals surface area contributed by atoms with E-state index in [2.05, 4.69) is 10.0 Å². The second-order valence-corrected chi connectivity index (χ2v) is 3.85. The van der Waals surface area contributed by atoms with Crippen molar-refractivity contribution in [3.8, 4) is 0 Å². The van der Waals surface area contributed by atoms with Crippen LogP contribution in [0.3, 0.4) is 0 Å². The summed E-state index contributed by atoms with van der Waals surface area (Å²) in [6, 6.07) is 0. The van der Waals surface area contributed by atoms with Crippen LogP contribution in [0.5, 0.6) is 0 Å². The fourth-order valence-corrected chi connectivity index (χ4v) is 2.06. The molecule has 2 aliphatic heterocycles. The zero-order valence-electron chi connectivity index (χ0n) is 7.48. The molecule has 2 atom stereocenters. The predicted molar refractivity (Wildman–Crippen MR) is 46.2 cm³/mol. The number of rotatable bonds is 2. The first-order valence-electron chi connectivity index (χ1n) is 4.55. The van der Waals surface area contributed by atoms with E-state index < -0.39 is 0 Å². The summed E-state index contributed by atoms with van der Waals surface area (Å²) < 4.78 is 10.9. The molecule has 5 nitrogen and oxygen atoms in total. The normalized spacial score (nSPS) is 38.0. The number of hydrogen-bond acceptors (Lipinski definition) is 3. The molecule has 0 unspecified atom stereocenters. The van der Waals surface area contributed by atoms with Crippen LogP contribution in [0.25, 0.3) is 10.4 Å². The van der Waals surface area contributed by atoms with E-state index in [9.17, 15) is 0 Å². The summed E-state index contributed by atoms with van der Waals surface area (Å²) in [5, 5.41) is 3.52. The monoisotopic (exact) mass is 183 g/mol. The van der Waals surface area contributed by atoms with Gasteiger partial charge in [-0.15, -0.1) is 0 Å². The Morgan fingerprint density at radius 2 is 2.46 bits per heavy atom. The van der Waals surface area contributed by atoms with Crippen molar-refractivity contribution in [2.75, 3.05) is 26.4 Å². The van der Waals surface area contributed by atoms with Gasteiger partial charge in [-0.05, 0) is 18.4 Å². The molecular formula is C8H13N3O2. The van der Waals surface area contributed by atoms with Gasteiger partial charge in [0, 0.05) is 16.9 Å². The molecule has 0 radical (unpaired) electrons. The zero-order chi connectivity index (χ0) is 9.15. The molecule has 0 aliphatic carbocycles. The topological polar surface area (TPSA) is 67.2 Å². The van der Waals surface area contributed by atoms with Crippen LogP contribution in [0.4, 0.5) is 0 Å². The van der Waals surface area contributed by atoms with Gasteiger partial charge in [0.25, 0.3) is 0 Å². The Bertz CT molecular complexity index is 232. The van der Waals surface area contributed by atoms with E-state index in [0.717, 1.165) is 32.7 Å². The van der Waals surface area contributed by atoms with Crippen LogP contribution in [-0.4, -0.2) is 32.5 Å². The van der Waals surface area contributed by atoms with Gasteiger partial charge >= 0.3 is 0 Å². The van der Waals surface area contributed by atoms with Crippen LogP contribution in [0.2, 0.25) is 0 Å². The molecule has 5 heteroatoms. The quantitative estimate of drug-likeness (QED) is 0.370. The maximum atomic E-state index is 8.16. The Kier molecular flexibility index (Phi) is 2.40. The molecule has 0 bridgehead atoms. The standard InChI is InChI=1S/C8H13N3O2/c9-11-10-4-7-3-8(6-13-7)1-2-12-5-8/h7H,1-6H2/t7-,8-/m1/s1. The van der Waals surface area contributed by atoms with Crippen molar-refractivity contribution in [2.45, 2.75) is 18.9 Å². The SMILES string of the molecule is [N-]=[N+]=NC[C@H]1C[C@@]2(CCOC2)CO1. The van der Waals surface area contributed by atoms with Crippen molar-refractivity contribution in [2.24, 2.45) is 10.5 Å². The zero-order valence-corrected chi connectivity index (χ0v) is 7.48. The van der Waals surface area contributed by atoms with E-state index >= 15 is 0 Å². The van der Waals surface area contributed by atoms with E-state index in [-0.39, 0.29) is 11.5 Å². The minimum atomic E-state index is 0.109. The fourth-order valence-electron chi connectivity index (χ4n) is 2.06. The van der Waals surface area contributed by atoms with E-state index in [4.69, 9.17) is 15.0 Å². The minimum Gasteiger partial charge on any atom is -0.381 e. The van der Waals surface area contributed by atoms with Gasteiger partial charge in [0.1, 0.15) is 0 Å². The van der Waals surface area contributed by atoms with Crippen molar-refractivity contribution in [3.05, 3.63) is 10.4 Å². The summed E-state index contributed by atoms with van der Waals surface area (Å²) in [7, 11) is 0. The van der Waals surface area contributed by atoms with Crippen molar-refractivity contribution < 1.29 is 9.47 Å². The third-order valence-corrected chi connectivity index (χ3v) is 2.82. The third kappa shape index (κ3) is 1.77. The lowest BCUT2D eigenvalue weighted by Crippen LogP contribution is -2.21. The lowest BCUT2D eigenvalue weighted by atomic mass is 9.85. The average Bonchev–Trinajstić information content (AvgIpc) is 2.74. The Morgan fingerprint density at radius 3 is 3.15 bits per heavy atom. The van der Waals surface area contributed by atoms with Crippen molar-refractivity contribution in [3.63, 3.8) is 0 Å². The van der Waals surface area contributed by atoms with E-state index in [0.29, 0.717) is 6.54 Å². The Hall–Kier alpha value is -0.770. The predicted octanol–water partition coefficient (Wildman–Crippen LogP) is 1.49. The molecule has 13 heavy (non-hydrogen) atoms. The molecule has 2 heterocycles. The highest BCUT2D eigenvalue weighted by molar-refractivity contribution is 4.91. The van der Waals surface area contributed by atoms with Crippen molar-refractivity contribution in [1.82, 2.24) is 0 Å². The lowest BCUT2D eigenvalue weighted by Gasteiger charge is -2.17. The van der Waals surface area contributed by atoms with Gasteiger partial charge < -0.3 is 9.47 Å². The second-order valence-electron chi connectivity index (χ2n) is 3.85. The molecule has 1 spiro atoms. The first kappa shape index (κ1) is 8.81. The number of ether oxygens (including phenoxy) is 2. The van der Waals surface area contributed by atoms with E-state index in [1.54, 1.807) is 0 Å². The van der Waals surface area contributed by atoms with Gasteiger partial charge in [0.15, 0.2) is 0 Å². The van der Waals surface area contributed by atoms with Gasteiger partial charge in [0.05, 0.1) is 25.9 Å². The van der Waals surface area contributed by atoms with Crippen molar-refractivity contribution in [1.29, 1.82) is 0 Å². The molecule has 72 valence electrons. The summed E-state index contributed by atoms with van der Waals surface area (Å²) in [6.45, 7) is 2.87. The van der Waals surface area contributed by atoms with Crippen LogP contribution in [0, 0.1) is 5.41 Å². The van der Waals surface area contributed by atoms with Crippen LogP contribution in [0.15, 0.2) is 5.11 Å². The Morgan fingerprint density at radius 1 is 1.54 bits per heavy atom. The maximum absolute atomic E-state index is 8.16. The summed E-state index contributed by atoms with van der Waals surface area (Å²) in [6.07, 6.45) is 2.17. The smallest absolute Gasteiger partial charge is 0.0638 e. The molecule has 0 saturated carbocycles. The highest BCUT2D eigenvalue weighted by Crippen LogP contribution is 2.39. The highest BCUT2D eigenvalue weighted by atomic mass is 16.5. The van der Waals surface area contributed by atoms with E-state index in [1.807, 2.05) is 0 Å². The highest BCUT2D eigenvalue weighted by Gasteiger charge is 2.42. The molecule has 0 aromatic rings. The van der Waals surface area contributed by atoms with Gasteiger partial charge in [-0.25, -0.2) is 0 Å². The van der Waals surface area contributed by atoms with Crippen LogP contribution >= 0.6 is 0 Å². The fraction of sp³-hybridized carbons (Fsp3) is 1.00. The molecule has 2 rings (SSSR count). The summed E-state index contributed by atoms with van der Waals surface area (Å²) in [5.74, 6) is 0. The van der Waals surface area contributed by atoms with Gasteiger partial charge in [-0.3, -0.25) is 0 Å². The number of hydrogen-bond donors (Lipinski definition) is 0. The average molecular weight is 183 g/mol. The molecule has 2 aliphatic rings. The second kappa shape index (κ2) is 3.54. The Labute approximate surface area is 76.6 Å². The lowest BCUT2D eigenvalue weighted by molar-refractivity contribution is 0.0921. The van der Waals surface area contributed by atoms with Crippen LogP contribution < -0.4 is 0 Å². The summed E-state index contributed by atoms with van der Waals surface area (Å²) in [5.41, 5.74) is 8.39. The van der Waals surface area contributed by atoms with Crippen molar-refractivity contribution >= 4 is 0 Å². The molecule has 0 amide bonds. The Balaban J connectivity index is 1.89. The van der Waals surface area contributed by atoms with Gasteiger partial charge in [0.2, 0.25) is 0 Å². The van der Waals surface area contributed by atoms with Crippen LogP contribution in [-0.2, 0) is 9.47 Å². The minimum absolute atomic E-state index is 0.109. The molecule has 0 aromatic heterocycles. The van der Waals surface area contributed by atoms with Gasteiger partial charge in [-0.1, -0.05) is 5.11 Å².